The van der Waals surface area contributed by atoms with Crippen LogP contribution in [-0.4, -0.2) is 35.4 Å². The summed E-state index contributed by atoms with van der Waals surface area (Å²) in [6, 6.07) is -0.227. The van der Waals surface area contributed by atoms with Crippen molar-refractivity contribution in [2.24, 2.45) is 0 Å². The number of aryl methyl sites for hydroxylation is 2. The molecule has 1 unspecified atom stereocenters. The van der Waals surface area contributed by atoms with Crippen molar-refractivity contribution in [3.05, 3.63) is 10.6 Å². The lowest BCUT2D eigenvalue weighted by molar-refractivity contribution is -0.130. The highest BCUT2D eigenvalue weighted by atomic mass is 32.1. The van der Waals surface area contributed by atoms with E-state index in [1.807, 2.05) is 27.7 Å². The highest BCUT2D eigenvalue weighted by molar-refractivity contribution is 7.15. The number of rotatable bonds is 4. The molecule has 16 heavy (non-hydrogen) atoms. The summed E-state index contributed by atoms with van der Waals surface area (Å²) >= 11 is 1.59. The molecule has 1 heterocycles. The summed E-state index contributed by atoms with van der Waals surface area (Å²) < 4.78 is 0. The van der Waals surface area contributed by atoms with Gasteiger partial charge in [-0.05, 0) is 27.7 Å². The van der Waals surface area contributed by atoms with Gasteiger partial charge < -0.3 is 10.2 Å². The lowest BCUT2D eigenvalue weighted by Gasteiger charge is -2.20. The Morgan fingerprint density at radius 1 is 1.56 bits per heavy atom. The fourth-order valence-electron chi connectivity index (χ4n) is 1.27. The van der Waals surface area contributed by atoms with Crippen molar-refractivity contribution in [2.75, 3.05) is 18.9 Å². The van der Waals surface area contributed by atoms with Crippen molar-refractivity contribution in [3.63, 3.8) is 0 Å². The molecule has 5 heteroatoms. The second-order valence-corrected chi connectivity index (χ2v) is 5.08. The van der Waals surface area contributed by atoms with E-state index in [0.29, 0.717) is 0 Å². The van der Waals surface area contributed by atoms with Crippen LogP contribution in [0.5, 0.6) is 0 Å². The van der Waals surface area contributed by atoms with Crippen molar-refractivity contribution in [3.8, 4) is 0 Å². The summed E-state index contributed by atoms with van der Waals surface area (Å²) in [7, 11) is 1.80. The van der Waals surface area contributed by atoms with Crippen LogP contribution < -0.4 is 5.32 Å². The minimum Gasteiger partial charge on any atom is -0.350 e. The number of likely N-dealkylation sites (N-methyl/N-ethyl adjacent to an activating group) is 1. The average Bonchev–Trinajstić information content (AvgIpc) is 2.55. The van der Waals surface area contributed by atoms with Crippen LogP contribution in [0.2, 0.25) is 0 Å². The smallest absolute Gasteiger partial charge is 0.244 e. The molecular formula is C11H19N3OS. The van der Waals surface area contributed by atoms with Crippen LogP contribution in [0.3, 0.4) is 0 Å². The number of nitrogens with zero attached hydrogens (tertiary/aromatic N) is 2. The SMILES string of the molecule is CCN(C)C(=O)C(C)Nc1nc(C)c(C)s1. The summed E-state index contributed by atoms with van der Waals surface area (Å²) in [4.78, 5) is 19.1. The summed E-state index contributed by atoms with van der Waals surface area (Å²) in [6.07, 6.45) is 0. The summed E-state index contributed by atoms with van der Waals surface area (Å²) in [5, 5.41) is 3.95. The van der Waals surface area contributed by atoms with Gasteiger partial charge in [0.25, 0.3) is 0 Å². The molecule has 0 aliphatic rings. The fourth-order valence-corrected chi connectivity index (χ4v) is 2.17. The van der Waals surface area contributed by atoms with Gasteiger partial charge in [-0.25, -0.2) is 4.98 Å². The van der Waals surface area contributed by atoms with Gasteiger partial charge >= 0.3 is 0 Å². The van der Waals surface area contributed by atoms with E-state index in [-0.39, 0.29) is 11.9 Å². The van der Waals surface area contributed by atoms with Gasteiger partial charge in [0.2, 0.25) is 5.91 Å². The number of carbonyl (C=O) groups is 1. The lowest BCUT2D eigenvalue weighted by Crippen LogP contribution is -2.38. The van der Waals surface area contributed by atoms with Crippen LogP contribution in [0, 0.1) is 13.8 Å². The van der Waals surface area contributed by atoms with Crippen LogP contribution in [-0.2, 0) is 4.79 Å². The summed E-state index contributed by atoms with van der Waals surface area (Å²) in [5.74, 6) is 0.0907. The maximum Gasteiger partial charge on any atom is 0.244 e. The first kappa shape index (κ1) is 13.0. The van der Waals surface area contributed by atoms with E-state index in [9.17, 15) is 4.79 Å². The van der Waals surface area contributed by atoms with Crippen molar-refractivity contribution < 1.29 is 4.79 Å². The van der Waals surface area contributed by atoms with E-state index in [4.69, 9.17) is 0 Å². The Labute approximate surface area is 101 Å². The molecule has 1 N–H and O–H groups in total. The molecule has 0 aromatic carbocycles. The van der Waals surface area contributed by atoms with Crippen LogP contribution in [0.4, 0.5) is 5.13 Å². The van der Waals surface area contributed by atoms with Gasteiger partial charge in [-0.15, -0.1) is 11.3 Å². The second kappa shape index (κ2) is 5.30. The topological polar surface area (TPSA) is 45.2 Å². The van der Waals surface area contributed by atoms with Crippen LogP contribution >= 0.6 is 11.3 Å². The molecule has 0 saturated heterocycles. The van der Waals surface area contributed by atoms with Crippen molar-refractivity contribution in [2.45, 2.75) is 33.7 Å². The van der Waals surface area contributed by atoms with Gasteiger partial charge in [0.1, 0.15) is 6.04 Å². The number of amides is 1. The zero-order valence-electron chi connectivity index (χ0n) is 10.5. The Morgan fingerprint density at radius 2 is 2.19 bits per heavy atom. The molecule has 1 aromatic heterocycles. The quantitative estimate of drug-likeness (QED) is 0.877. The zero-order valence-corrected chi connectivity index (χ0v) is 11.3. The first-order chi connectivity index (χ1) is 7.45. The van der Waals surface area contributed by atoms with E-state index in [2.05, 4.69) is 10.3 Å². The predicted octanol–water partition coefficient (Wildman–Crippen LogP) is 2.04. The Kier molecular flexibility index (Phi) is 4.29. The van der Waals surface area contributed by atoms with Gasteiger partial charge in [-0.1, -0.05) is 0 Å². The molecule has 1 rings (SSSR count). The maximum absolute atomic E-state index is 11.8. The van der Waals surface area contributed by atoms with Crippen LogP contribution in [0.1, 0.15) is 24.4 Å². The standard InChI is InChI=1S/C11H19N3OS/c1-6-14(5)10(15)8(3)13-11-12-7(2)9(4)16-11/h8H,6H2,1-5H3,(H,12,13). The Balaban J connectivity index is 2.64. The second-order valence-electron chi connectivity index (χ2n) is 3.88. The third-order valence-corrected chi connectivity index (χ3v) is 3.59. The molecule has 0 spiro atoms. The van der Waals surface area contributed by atoms with Crippen molar-refractivity contribution in [1.82, 2.24) is 9.88 Å². The van der Waals surface area contributed by atoms with Gasteiger partial charge in [0.15, 0.2) is 5.13 Å². The number of hydrogen-bond acceptors (Lipinski definition) is 4. The molecular weight excluding hydrogens is 222 g/mol. The Hall–Kier alpha value is -1.10. The number of thiazole rings is 1. The van der Waals surface area contributed by atoms with Crippen LogP contribution in [0.15, 0.2) is 0 Å². The number of nitrogens with one attached hydrogen (secondary N) is 1. The third-order valence-electron chi connectivity index (χ3n) is 2.59. The minimum absolute atomic E-state index is 0.0907. The molecule has 4 nitrogen and oxygen atoms in total. The first-order valence-electron chi connectivity index (χ1n) is 5.41. The molecule has 0 bridgehead atoms. The van der Waals surface area contributed by atoms with Gasteiger partial charge in [0.05, 0.1) is 5.69 Å². The molecule has 1 amide bonds. The third kappa shape index (κ3) is 2.95. The predicted molar refractivity (Wildman–Crippen MR) is 68.0 cm³/mol. The zero-order chi connectivity index (χ0) is 12.3. The van der Waals surface area contributed by atoms with E-state index < -0.39 is 0 Å². The van der Waals surface area contributed by atoms with Crippen molar-refractivity contribution >= 4 is 22.4 Å². The normalized spacial score (nSPS) is 12.3. The lowest BCUT2D eigenvalue weighted by atomic mass is 10.3. The van der Waals surface area contributed by atoms with Gasteiger partial charge in [0, 0.05) is 18.5 Å². The number of carbonyl (C=O) groups excluding carboxylic acids is 1. The minimum atomic E-state index is -0.227. The molecule has 0 saturated carbocycles. The Morgan fingerprint density at radius 3 is 2.62 bits per heavy atom. The van der Waals surface area contributed by atoms with E-state index in [1.54, 1.807) is 23.3 Å². The molecule has 0 aliphatic carbocycles. The molecule has 0 fully saturated rings. The first-order valence-corrected chi connectivity index (χ1v) is 6.22. The number of hydrogen-bond donors (Lipinski definition) is 1. The highest BCUT2D eigenvalue weighted by Gasteiger charge is 2.17. The highest BCUT2D eigenvalue weighted by Crippen LogP contribution is 2.21. The molecule has 90 valence electrons. The average molecular weight is 241 g/mol. The fraction of sp³-hybridized carbons (Fsp3) is 0.636. The molecule has 0 radical (unpaired) electrons. The largest absolute Gasteiger partial charge is 0.350 e. The van der Waals surface area contributed by atoms with Gasteiger partial charge in [-0.3, -0.25) is 4.79 Å². The van der Waals surface area contributed by atoms with Crippen LogP contribution in [0.25, 0.3) is 0 Å². The monoisotopic (exact) mass is 241 g/mol. The number of aromatic nitrogens is 1. The van der Waals surface area contributed by atoms with Gasteiger partial charge in [-0.2, -0.15) is 0 Å². The van der Waals surface area contributed by atoms with Crippen molar-refractivity contribution in [1.29, 1.82) is 0 Å². The molecule has 0 aliphatic heterocycles. The Bertz CT molecular complexity index is 356. The van der Waals surface area contributed by atoms with E-state index in [1.165, 1.54) is 4.88 Å². The summed E-state index contributed by atoms with van der Waals surface area (Å²) in [5.41, 5.74) is 1.02. The van der Waals surface area contributed by atoms with E-state index >= 15 is 0 Å². The van der Waals surface area contributed by atoms with E-state index in [0.717, 1.165) is 17.4 Å². The number of anilines is 1. The molecule has 1 atom stereocenters. The summed E-state index contributed by atoms with van der Waals surface area (Å²) in [6.45, 7) is 8.55. The maximum atomic E-state index is 11.8. The molecule has 1 aromatic rings.